The number of rotatable bonds is 2. The lowest BCUT2D eigenvalue weighted by molar-refractivity contribution is 0.282. The Kier molecular flexibility index (Phi) is 3.67. The molecule has 0 atom stereocenters. The van der Waals surface area contributed by atoms with E-state index in [1.165, 1.54) is 6.07 Å². The van der Waals surface area contributed by atoms with Crippen molar-refractivity contribution in [2.24, 2.45) is 0 Å². The molecule has 0 saturated carbocycles. The second kappa shape index (κ2) is 5.05. The first-order valence-electron chi connectivity index (χ1n) is 4.96. The smallest absolute Gasteiger partial charge is 0.131 e. The van der Waals surface area contributed by atoms with E-state index in [-0.39, 0.29) is 6.61 Å². The van der Waals surface area contributed by atoms with Crippen molar-refractivity contribution in [1.82, 2.24) is 0 Å². The first kappa shape index (κ1) is 12.4. The maximum absolute atomic E-state index is 13.8. The molecule has 2 aromatic rings. The summed E-state index contributed by atoms with van der Waals surface area (Å²) in [5.74, 6) is -0.408. The standard InChI is InChI=1S/C13H9Cl2FO/c14-10-4-9(5-11(15)6-10)13-8(7-17)2-1-3-12(13)16/h1-6,17H,7H2. The van der Waals surface area contributed by atoms with Gasteiger partial charge >= 0.3 is 0 Å². The largest absolute Gasteiger partial charge is 0.392 e. The van der Waals surface area contributed by atoms with E-state index in [2.05, 4.69) is 0 Å². The van der Waals surface area contributed by atoms with Gasteiger partial charge in [-0.2, -0.15) is 0 Å². The lowest BCUT2D eigenvalue weighted by Gasteiger charge is -2.09. The van der Waals surface area contributed by atoms with E-state index in [0.717, 1.165) is 0 Å². The van der Waals surface area contributed by atoms with Crippen LogP contribution in [-0.4, -0.2) is 5.11 Å². The molecule has 17 heavy (non-hydrogen) atoms. The zero-order valence-electron chi connectivity index (χ0n) is 8.75. The van der Waals surface area contributed by atoms with Crippen molar-refractivity contribution in [1.29, 1.82) is 0 Å². The number of hydrogen-bond donors (Lipinski definition) is 1. The highest BCUT2D eigenvalue weighted by Gasteiger charge is 2.11. The molecule has 1 nitrogen and oxygen atoms in total. The van der Waals surface area contributed by atoms with Crippen molar-refractivity contribution in [2.75, 3.05) is 0 Å². The Morgan fingerprint density at radius 2 is 1.71 bits per heavy atom. The Morgan fingerprint density at radius 1 is 1.06 bits per heavy atom. The highest BCUT2D eigenvalue weighted by atomic mass is 35.5. The van der Waals surface area contributed by atoms with Crippen LogP contribution in [0.2, 0.25) is 10.0 Å². The summed E-state index contributed by atoms with van der Waals surface area (Å²) in [5.41, 5.74) is 1.40. The van der Waals surface area contributed by atoms with Crippen LogP contribution >= 0.6 is 23.2 Å². The first-order chi connectivity index (χ1) is 8.11. The molecule has 0 radical (unpaired) electrons. The average molecular weight is 271 g/mol. The molecule has 0 unspecified atom stereocenters. The van der Waals surface area contributed by atoms with Gasteiger partial charge in [0.1, 0.15) is 5.82 Å². The van der Waals surface area contributed by atoms with Crippen LogP contribution in [-0.2, 0) is 6.61 Å². The summed E-state index contributed by atoms with van der Waals surface area (Å²) in [6.07, 6.45) is 0. The Balaban J connectivity index is 2.67. The van der Waals surface area contributed by atoms with Crippen molar-refractivity contribution < 1.29 is 9.50 Å². The Labute approximate surface area is 108 Å². The maximum atomic E-state index is 13.8. The van der Waals surface area contributed by atoms with Gasteiger partial charge in [0.15, 0.2) is 0 Å². The summed E-state index contributed by atoms with van der Waals surface area (Å²) in [7, 11) is 0. The molecule has 0 aliphatic heterocycles. The second-order valence-corrected chi connectivity index (χ2v) is 4.46. The zero-order chi connectivity index (χ0) is 12.4. The molecule has 0 aliphatic carbocycles. The molecule has 0 bridgehead atoms. The fraction of sp³-hybridized carbons (Fsp3) is 0.0769. The summed E-state index contributed by atoms with van der Waals surface area (Å²) in [4.78, 5) is 0. The topological polar surface area (TPSA) is 20.2 Å². The van der Waals surface area contributed by atoms with E-state index < -0.39 is 5.82 Å². The quantitative estimate of drug-likeness (QED) is 0.863. The number of aliphatic hydroxyl groups is 1. The molecular weight excluding hydrogens is 262 g/mol. The fourth-order valence-electron chi connectivity index (χ4n) is 1.72. The minimum atomic E-state index is -0.408. The average Bonchev–Trinajstić information content (AvgIpc) is 2.27. The molecule has 0 fully saturated rings. The highest BCUT2D eigenvalue weighted by molar-refractivity contribution is 6.35. The molecule has 0 spiro atoms. The molecule has 0 amide bonds. The molecule has 2 aromatic carbocycles. The number of benzene rings is 2. The summed E-state index contributed by atoms with van der Waals surface area (Å²) in [6.45, 7) is -0.239. The SMILES string of the molecule is OCc1cccc(F)c1-c1cc(Cl)cc(Cl)c1. The molecule has 88 valence electrons. The van der Waals surface area contributed by atoms with Crippen molar-refractivity contribution in [3.05, 3.63) is 57.8 Å². The van der Waals surface area contributed by atoms with Crippen molar-refractivity contribution in [3.8, 4) is 11.1 Å². The van der Waals surface area contributed by atoms with E-state index in [9.17, 15) is 9.50 Å². The van der Waals surface area contributed by atoms with Crippen molar-refractivity contribution in [3.63, 3.8) is 0 Å². The Hall–Kier alpha value is -1.09. The molecular formula is C13H9Cl2FO. The molecule has 0 aromatic heterocycles. The van der Waals surface area contributed by atoms with E-state index in [1.807, 2.05) is 0 Å². The lowest BCUT2D eigenvalue weighted by Crippen LogP contribution is -1.93. The third-order valence-corrected chi connectivity index (χ3v) is 2.86. The van der Waals surface area contributed by atoms with Gasteiger partial charge in [0, 0.05) is 15.6 Å². The summed E-state index contributed by atoms with van der Waals surface area (Å²) < 4.78 is 13.8. The minimum absolute atomic E-state index is 0.239. The van der Waals surface area contributed by atoms with Gasteiger partial charge in [0.25, 0.3) is 0 Å². The normalized spacial score (nSPS) is 10.6. The third kappa shape index (κ3) is 2.60. The first-order valence-corrected chi connectivity index (χ1v) is 5.72. The van der Waals surface area contributed by atoms with E-state index >= 15 is 0 Å². The van der Waals surface area contributed by atoms with Crippen LogP contribution in [0, 0.1) is 5.82 Å². The number of halogens is 3. The zero-order valence-corrected chi connectivity index (χ0v) is 10.3. The van der Waals surface area contributed by atoms with Gasteiger partial charge in [-0.1, -0.05) is 35.3 Å². The van der Waals surface area contributed by atoms with Crippen LogP contribution in [0.3, 0.4) is 0 Å². The minimum Gasteiger partial charge on any atom is -0.392 e. The van der Waals surface area contributed by atoms with Crippen molar-refractivity contribution in [2.45, 2.75) is 6.61 Å². The molecule has 0 saturated heterocycles. The van der Waals surface area contributed by atoms with Crippen LogP contribution in [0.15, 0.2) is 36.4 Å². The van der Waals surface area contributed by atoms with Gasteiger partial charge in [-0.25, -0.2) is 4.39 Å². The van der Waals surface area contributed by atoms with Gasteiger partial charge in [-0.15, -0.1) is 0 Å². The monoisotopic (exact) mass is 270 g/mol. The Bertz CT molecular complexity index is 535. The number of hydrogen-bond acceptors (Lipinski definition) is 1. The maximum Gasteiger partial charge on any atom is 0.131 e. The number of aliphatic hydroxyl groups excluding tert-OH is 1. The predicted molar refractivity (Wildman–Crippen MR) is 67.8 cm³/mol. The fourth-order valence-corrected chi connectivity index (χ4v) is 2.25. The lowest BCUT2D eigenvalue weighted by atomic mass is 9.99. The highest BCUT2D eigenvalue weighted by Crippen LogP contribution is 2.31. The second-order valence-electron chi connectivity index (χ2n) is 3.59. The van der Waals surface area contributed by atoms with Gasteiger partial charge in [-0.3, -0.25) is 0 Å². The van der Waals surface area contributed by atoms with Gasteiger partial charge in [0.2, 0.25) is 0 Å². The predicted octanol–water partition coefficient (Wildman–Crippen LogP) is 4.29. The van der Waals surface area contributed by atoms with Crippen LogP contribution in [0.5, 0.6) is 0 Å². The molecule has 1 N–H and O–H groups in total. The van der Waals surface area contributed by atoms with E-state index in [0.29, 0.717) is 26.7 Å². The molecule has 0 aliphatic rings. The Morgan fingerprint density at radius 3 is 2.29 bits per heavy atom. The third-order valence-electron chi connectivity index (χ3n) is 2.42. The van der Waals surface area contributed by atoms with Crippen LogP contribution in [0.4, 0.5) is 4.39 Å². The van der Waals surface area contributed by atoms with Crippen LogP contribution in [0.1, 0.15) is 5.56 Å². The van der Waals surface area contributed by atoms with E-state index in [1.54, 1.807) is 30.3 Å². The molecule has 2 rings (SSSR count). The summed E-state index contributed by atoms with van der Waals surface area (Å²) in [6, 6.07) is 9.36. The van der Waals surface area contributed by atoms with E-state index in [4.69, 9.17) is 23.2 Å². The van der Waals surface area contributed by atoms with Gasteiger partial charge in [-0.05, 0) is 35.4 Å². The van der Waals surface area contributed by atoms with Gasteiger partial charge in [0.05, 0.1) is 6.61 Å². The molecule has 4 heteroatoms. The van der Waals surface area contributed by atoms with Crippen molar-refractivity contribution >= 4 is 23.2 Å². The van der Waals surface area contributed by atoms with Crippen LogP contribution < -0.4 is 0 Å². The van der Waals surface area contributed by atoms with Crippen LogP contribution in [0.25, 0.3) is 11.1 Å². The summed E-state index contributed by atoms with van der Waals surface area (Å²) in [5, 5.41) is 10.1. The molecule has 0 heterocycles. The van der Waals surface area contributed by atoms with Gasteiger partial charge < -0.3 is 5.11 Å². The summed E-state index contributed by atoms with van der Waals surface area (Å²) >= 11 is 11.8.